The zero-order valence-corrected chi connectivity index (χ0v) is 10.8. The van der Waals surface area contributed by atoms with Crippen molar-refractivity contribution >= 4 is 18.5 Å². The van der Waals surface area contributed by atoms with Crippen molar-refractivity contribution in [2.45, 2.75) is 38.5 Å². The van der Waals surface area contributed by atoms with Crippen molar-refractivity contribution in [2.75, 3.05) is 19.6 Å². The van der Waals surface area contributed by atoms with Gasteiger partial charge in [-0.25, -0.2) is 9.18 Å². The Morgan fingerprint density at radius 1 is 1.56 bits per heavy atom. The third-order valence-corrected chi connectivity index (χ3v) is 2.32. The van der Waals surface area contributed by atoms with Gasteiger partial charge in [0.15, 0.2) is 0 Å². The van der Waals surface area contributed by atoms with Crippen LogP contribution in [0.25, 0.3) is 0 Å². The highest BCUT2D eigenvalue weighted by Crippen LogP contribution is 2.25. The van der Waals surface area contributed by atoms with Crippen LogP contribution in [0.1, 0.15) is 27.2 Å². The SMILES string of the molecule is CC(C)(C)OC(=O)N1CCC(F)(CN)C1.Cl. The summed E-state index contributed by atoms with van der Waals surface area (Å²) in [7, 11) is 0. The number of nitrogens with zero attached hydrogens (tertiary/aromatic N) is 1. The maximum absolute atomic E-state index is 13.7. The summed E-state index contributed by atoms with van der Waals surface area (Å²) in [5.41, 5.74) is 3.33. The summed E-state index contributed by atoms with van der Waals surface area (Å²) < 4.78 is 18.8. The van der Waals surface area contributed by atoms with Crippen LogP contribution in [0, 0.1) is 0 Å². The lowest BCUT2D eigenvalue weighted by Gasteiger charge is -2.25. The topological polar surface area (TPSA) is 55.6 Å². The van der Waals surface area contributed by atoms with Crippen molar-refractivity contribution in [3.05, 3.63) is 0 Å². The highest BCUT2D eigenvalue weighted by molar-refractivity contribution is 5.85. The molecule has 6 heteroatoms. The largest absolute Gasteiger partial charge is 0.444 e. The molecular formula is C10H20ClFN2O2. The third-order valence-electron chi connectivity index (χ3n) is 2.32. The Labute approximate surface area is 102 Å². The van der Waals surface area contributed by atoms with Gasteiger partial charge in [-0.15, -0.1) is 12.4 Å². The molecule has 96 valence electrons. The summed E-state index contributed by atoms with van der Waals surface area (Å²) >= 11 is 0. The van der Waals surface area contributed by atoms with Gasteiger partial charge in [0, 0.05) is 19.5 Å². The Kier molecular flexibility index (Phi) is 5.01. The van der Waals surface area contributed by atoms with E-state index in [1.807, 2.05) is 0 Å². The van der Waals surface area contributed by atoms with Gasteiger partial charge in [0.25, 0.3) is 0 Å². The van der Waals surface area contributed by atoms with Gasteiger partial charge in [-0.3, -0.25) is 0 Å². The van der Waals surface area contributed by atoms with Crippen molar-refractivity contribution in [3.8, 4) is 0 Å². The Morgan fingerprint density at radius 2 is 2.12 bits per heavy atom. The molecule has 2 N–H and O–H groups in total. The molecule has 1 fully saturated rings. The second-order valence-corrected chi connectivity index (χ2v) is 5.01. The van der Waals surface area contributed by atoms with E-state index < -0.39 is 17.4 Å². The lowest BCUT2D eigenvalue weighted by atomic mass is 10.1. The molecule has 16 heavy (non-hydrogen) atoms. The van der Waals surface area contributed by atoms with E-state index in [0.29, 0.717) is 13.0 Å². The highest BCUT2D eigenvalue weighted by atomic mass is 35.5. The number of halogens is 2. The predicted octanol–water partition coefficient (Wildman–Crippen LogP) is 1.72. The van der Waals surface area contributed by atoms with Crippen molar-refractivity contribution < 1.29 is 13.9 Å². The van der Waals surface area contributed by atoms with Crippen LogP contribution in [0.4, 0.5) is 9.18 Å². The molecule has 0 saturated carbocycles. The molecule has 1 unspecified atom stereocenters. The van der Waals surface area contributed by atoms with Gasteiger partial charge in [0.1, 0.15) is 11.3 Å². The van der Waals surface area contributed by atoms with Crippen LogP contribution in [0.15, 0.2) is 0 Å². The molecule has 1 atom stereocenters. The smallest absolute Gasteiger partial charge is 0.410 e. The van der Waals surface area contributed by atoms with Crippen molar-refractivity contribution in [2.24, 2.45) is 5.73 Å². The lowest BCUT2D eigenvalue weighted by molar-refractivity contribution is 0.0261. The molecular weight excluding hydrogens is 235 g/mol. The van der Waals surface area contributed by atoms with Gasteiger partial charge < -0.3 is 15.4 Å². The average Bonchev–Trinajstić information content (AvgIpc) is 2.46. The van der Waals surface area contributed by atoms with Crippen molar-refractivity contribution in [1.29, 1.82) is 0 Å². The van der Waals surface area contributed by atoms with Crippen LogP contribution < -0.4 is 5.73 Å². The molecule has 4 nitrogen and oxygen atoms in total. The van der Waals surface area contributed by atoms with Gasteiger partial charge in [0.05, 0.1) is 6.54 Å². The van der Waals surface area contributed by atoms with Gasteiger partial charge in [-0.1, -0.05) is 0 Å². The van der Waals surface area contributed by atoms with Gasteiger partial charge in [0.2, 0.25) is 0 Å². The van der Waals surface area contributed by atoms with E-state index in [1.54, 1.807) is 20.8 Å². The number of rotatable bonds is 1. The number of hydrogen-bond donors (Lipinski definition) is 1. The molecule has 1 aliphatic rings. The molecule has 1 aliphatic heterocycles. The minimum Gasteiger partial charge on any atom is -0.444 e. The number of carbonyl (C=O) groups excluding carboxylic acids is 1. The molecule has 1 rings (SSSR count). The third kappa shape index (κ3) is 4.14. The zero-order valence-electron chi connectivity index (χ0n) is 9.96. The summed E-state index contributed by atoms with van der Waals surface area (Å²) in [6.07, 6.45) is -0.168. The second kappa shape index (κ2) is 5.19. The maximum atomic E-state index is 13.7. The van der Waals surface area contributed by atoms with Crippen molar-refractivity contribution in [1.82, 2.24) is 4.90 Å². The number of alkyl halides is 1. The fourth-order valence-electron chi connectivity index (χ4n) is 1.48. The normalized spacial score (nSPS) is 25.2. The first-order chi connectivity index (χ1) is 6.76. The predicted molar refractivity (Wildman–Crippen MR) is 62.6 cm³/mol. The number of nitrogens with two attached hydrogens (primary N) is 1. The van der Waals surface area contributed by atoms with E-state index in [4.69, 9.17) is 10.5 Å². The molecule has 0 aromatic carbocycles. The quantitative estimate of drug-likeness (QED) is 0.775. The number of ether oxygens (including phenoxy) is 1. The van der Waals surface area contributed by atoms with Crippen LogP contribution in [-0.4, -0.2) is 41.9 Å². The second-order valence-electron chi connectivity index (χ2n) is 5.01. The number of likely N-dealkylation sites (tertiary alicyclic amines) is 1. The van der Waals surface area contributed by atoms with E-state index in [2.05, 4.69) is 0 Å². The van der Waals surface area contributed by atoms with Crippen LogP contribution in [0.5, 0.6) is 0 Å². The molecule has 0 aromatic rings. The minimum atomic E-state index is -1.43. The number of amides is 1. The maximum Gasteiger partial charge on any atom is 0.410 e. The van der Waals surface area contributed by atoms with Gasteiger partial charge in [-0.2, -0.15) is 0 Å². The van der Waals surface area contributed by atoms with E-state index in [1.165, 1.54) is 4.90 Å². The Bertz CT molecular complexity index is 258. The van der Waals surface area contributed by atoms with Gasteiger partial charge in [-0.05, 0) is 20.8 Å². The van der Waals surface area contributed by atoms with E-state index >= 15 is 0 Å². The first-order valence-corrected chi connectivity index (χ1v) is 5.13. The highest BCUT2D eigenvalue weighted by Gasteiger charge is 2.40. The first-order valence-electron chi connectivity index (χ1n) is 5.13. The van der Waals surface area contributed by atoms with Crippen LogP contribution in [-0.2, 0) is 4.74 Å². The Morgan fingerprint density at radius 3 is 2.50 bits per heavy atom. The molecule has 0 bridgehead atoms. The van der Waals surface area contributed by atoms with E-state index in [0.717, 1.165) is 0 Å². The summed E-state index contributed by atoms with van der Waals surface area (Å²) in [5.74, 6) is 0. The molecule has 1 amide bonds. The van der Waals surface area contributed by atoms with Gasteiger partial charge >= 0.3 is 6.09 Å². The number of hydrogen-bond acceptors (Lipinski definition) is 3. The first kappa shape index (κ1) is 15.4. The van der Waals surface area contributed by atoms with Crippen LogP contribution >= 0.6 is 12.4 Å². The fourth-order valence-corrected chi connectivity index (χ4v) is 1.48. The standard InChI is InChI=1S/C10H19FN2O2.ClH/c1-9(2,3)15-8(14)13-5-4-10(11,6-12)7-13;/h4-7,12H2,1-3H3;1H. The summed E-state index contributed by atoms with van der Waals surface area (Å²) in [6.45, 7) is 5.72. The molecule has 1 saturated heterocycles. The lowest BCUT2D eigenvalue weighted by Crippen LogP contribution is -2.40. The Balaban J connectivity index is 0.00000225. The van der Waals surface area contributed by atoms with E-state index in [9.17, 15) is 9.18 Å². The fraction of sp³-hybridized carbons (Fsp3) is 0.900. The zero-order chi connectivity index (χ0) is 11.7. The molecule has 0 aromatic heterocycles. The molecule has 1 heterocycles. The van der Waals surface area contributed by atoms with Crippen LogP contribution in [0.3, 0.4) is 0 Å². The van der Waals surface area contributed by atoms with Crippen molar-refractivity contribution in [3.63, 3.8) is 0 Å². The average molecular weight is 255 g/mol. The molecule has 0 spiro atoms. The summed E-state index contributed by atoms with van der Waals surface area (Å²) in [6, 6.07) is 0. The van der Waals surface area contributed by atoms with Crippen LogP contribution in [0.2, 0.25) is 0 Å². The molecule has 0 aliphatic carbocycles. The summed E-state index contributed by atoms with van der Waals surface area (Å²) in [5, 5.41) is 0. The molecule has 0 radical (unpaired) electrons. The Hall–Kier alpha value is -0.550. The van der Waals surface area contributed by atoms with E-state index in [-0.39, 0.29) is 25.5 Å². The summed E-state index contributed by atoms with van der Waals surface area (Å²) in [4.78, 5) is 12.9. The number of carbonyl (C=O) groups is 1. The minimum absolute atomic E-state index is 0. The monoisotopic (exact) mass is 254 g/mol.